The molecule has 3 N–H and O–H groups in total. The van der Waals surface area contributed by atoms with Crippen LogP contribution in [0.3, 0.4) is 0 Å². The van der Waals surface area contributed by atoms with Crippen LogP contribution in [0.1, 0.15) is 64.8 Å². The lowest BCUT2D eigenvalue weighted by Crippen LogP contribution is -2.26. The van der Waals surface area contributed by atoms with Crippen LogP contribution in [-0.2, 0) is 11.0 Å². The lowest BCUT2D eigenvalue weighted by Gasteiger charge is -2.22. The molecular formula is C26H29F3N4O3. The van der Waals surface area contributed by atoms with E-state index < -0.39 is 17.7 Å². The number of carboxylic acids is 1. The fraction of sp³-hybridized carbons (Fsp3) is 0.346. The number of carbonyl (C=O) groups excluding carboxylic acids is 1. The Morgan fingerprint density at radius 2 is 1.75 bits per heavy atom. The molecule has 0 aliphatic heterocycles. The van der Waals surface area contributed by atoms with Gasteiger partial charge in [-0.3, -0.25) is 9.59 Å². The van der Waals surface area contributed by atoms with Crippen LogP contribution in [0.15, 0.2) is 48.8 Å². The first-order chi connectivity index (χ1) is 17.0. The molecule has 0 saturated heterocycles. The smallest absolute Gasteiger partial charge is 0.419 e. The third kappa shape index (κ3) is 6.65. The molecule has 7 nitrogen and oxygen atoms in total. The Kier molecular flexibility index (Phi) is 8.39. The third-order valence-corrected chi connectivity index (χ3v) is 5.75. The molecule has 0 saturated carbocycles. The van der Waals surface area contributed by atoms with Crippen LogP contribution in [0.4, 0.5) is 18.9 Å². The summed E-state index contributed by atoms with van der Waals surface area (Å²) in [6.45, 7) is 5.78. The molecule has 1 unspecified atom stereocenters. The summed E-state index contributed by atoms with van der Waals surface area (Å²) in [6.07, 6.45) is -1.08. The van der Waals surface area contributed by atoms with E-state index in [0.29, 0.717) is 11.3 Å². The van der Waals surface area contributed by atoms with Crippen LogP contribution in [0.2, 0.25) is 0 Å². The van der Waals surface area contributed by atoms with Gasteiger partial charge in [0.15, 0.2) is 0 Å². The molecule has 1 amide bonds. The second-order valence-corrected chi connectivity index (χ2v) is 8.64. The van der Waals surface area contributed by atoms with Gasteiger partial charge in [-0.25, -0.2) is 4.68 Å². The van der Waals surface area contributed by atoms with E-state index in [-0.39, 0.29) is 24.9 Å². The SMILES string of the molecule is CCCC(Nc1cc(C)c(-n2cc(C(F)(F)F)cn2)c(C)c1)c1ccc(C(=O)NCCC(=O)O)cc1. The summed E-state index contributed by atoms with van der Waals surface area (Å²) in [6, 6.07) is 10.8. The van der Waals surface area contributed by atoms with Crippen LogP contribution in [0.5, 0.6) is 0 Å². The van der Waals surface area contributed by atoms with E-state index in [2.05, 4.69) is 22.7 Å². The van der Waals surface area contributed by atoms with Crippen molar-refractivity contribution in [3.05, 3.63) is 76.6 Å². The fourth-order valence-electron chi connectivity index (χ4n) is 4.06. The molecule has 1 atom stereocenters. The molecule has 36 heavy (non-hydrogen) atoms. The Bertz CT molecular complexity index is 1200. The molecule has 1 aromatic heterocycles. The number of carboxylic acid groups (broad SMARTS) is 1. The van der Waals surface area contributed by atoms with E-state index in [1.54, 1.807) is 12.1 Å². The molecule has 0 spiro atoms. The zero-order chi connectivity index (χ0) is 26.5. The Morgan fingerprint density at radius 3 is 2.28 bits per heavy atom. The number of aliphatic carboxylic acids is 1. The van der Waals surface area contributed by atoms with Crippen LogP contribution in [0, 0.1) is 13.8 Å². The number of carbonyl (C=O) groups is 2. The van der Waals surface area contributed by atoms with Crippen molar-refractivity contribution in [2.45, 2.75) is 52.3 Å². The molecule has 0 aliphatic rings. The standard InChI is InChI=1S/C26H29F3N4O3/c1-4-5-22(18-6-8-19(9-7-18)25(36)30-11-10-23(34)35)32-21-12-16(2)24(17(3)13-21)33-15-20(14-31-33)26(27,28)29/h6-9,12-15,22,32H,4-5,10-11H2,1-3H3,(H,30,36)(H,34,35). The summed E-state index contributed by atoms with van der Waals surface area (Å²) < 4.78 is 40.3. The highest BCUT2D eigenvalue weighted by Gasteiger charge is 2.32. The topological polar surface area (TPSA) is 96.3 Å². The van der Waals surface area contributed by atoms with Crippen molar-refractivity contribution in [1.29, 1.82) is 0 Å². The first-order valence-electron chi connectivity index (χ1n) is 11.6. The van der Waals surface area contributed by atoms with E-state index in [1.165, 1.54) is 4.68 Å². The van der Waals surface area contributed by atoms with Crippen LogP contribution in [0.25, 0.3) is 5.69 Å². The second kappa shape index (κ2) is 11.3. The number of aromatic nitrogens is 2. The molecular weight excluding hydrogens is 473 g/mol. The van der Waals surface area contributed by atoms with Crippen LogP contribution in [-0.4, -0.2) is 33.3 Å². The van der Waals surface area contributed by atoms with Crippen molar-refractivity contribution < 1.29 is 27.9 Å². The maximum Gasteiger partial charge on any atom is 0.419 e. The number of aryl methyl sites for hydroxylation is 2. The summed E-state index contributed by atoms with van der Waals surface area (Å²) in [5.41, 5.74) is 3.58. The maximum absolute atomic E-state index is 13.0. The number of hydrogen-bond donors (Lipinski definition) is 3. The monoisotopic (exact) mass is 502 g/mol. The minimum Gasteiger partial charge on any atom is -0.481 e. The molecule has 0 radical (unpaired) electrons. The summed E-state index contributed by atoms with van der Waals surface area (Å²) in [4.78, 5) is 22.8. The van der Waals surface area contributed by atoms with Crippen molar-refractivity contribution >= 4 is 17.6 Å². The number of rotatable bonds is 10. The third-order valence-electron chi connectivity index (χ3n) is 5.75. The Morgan fingerprint density at radius 1 is 1.11 bits per heavy atom. The van der Waals surface area contributed by atoms with Crippen LogP contribution < -0.4 is 10.6 Å². The van der Waals surface area contributed by atoms with Gasteiger partial charge in [-0.15, -0.1) is 0 Å². The van der Waals surface area contributed by atoms with E-state index in [1.807, 2.05) is 38.1 Å². The number of amides is 1. The summed E-state index contributed by atoms with van der Waals surface area (Å²) in [7, 11) is 0. The highest BCUT2D eigenvalue weighted by molar-refractivity contribution is 5.94. The van der Waals surface area contributed by atoms with Crippen LogP contribution >= 0.6 is 0 Å². The molecule has 0 aliphatic carbocycles. The zero-order valence-corrected chi connectivity index (χ0v) is 20.3. The fourth-order valence-corrected chi connectivity index (χ4v) is 4.06. The zero-order valence-electron chi connectivity index (χ0n) is 20.3. The lowest BCUT2D eigenvalue weighted by atomic mass is 9.99. The number of nitrogens with zero attached hydrogens (tertiary/aromatic N) is 2. The first kappa shape index (κ1) is 26.8. The molecule has 192 valence electrons. The van der Waals surface area contributed by atoms with E-state index in [0.717, 1.165) is 47.6 Å². The summed E-state index contributed by atoms with van der Waals surface area (Å²) in [5.74, 6) is -1.31. The summed E-state index contributed by atoms with van der Waals surface area (Å²) in [5, 5.41) is 18.7. The van der Waals surface area contributed by atoms with Gasteiger partial charge in [0.1, 0.15) is 0 Å². The quantitative estimate of drug-likeness (QED) is 0.332. The van der Waals surface area contributed by atoms with Gasteiger partial charge in [-0.1, -0.05) is 25.5 Å². The normalized spacial score (nSPS) is 12.3. The van der Waals surface area contributed by atoms with Gasteiger partial charge in [0.05, 0.1) is 29.9 Å². The largest absolute Gasteiger partial charge is 0.481 e. The number of nitrogens with one attached hydrogen (secondary N) is 2. The van der Waals surface area contributed by atoms with E-state index in [4.69, 9.17) is 5.11 Å². The van der Waals surface area contributed by atoms with Gasteiger partial charge in [0.2, 0.25) is 0 Å². The molecule has 3 rings (SSSR count). The molecule has 0 bridgehead atoms. The first-order valence-corrected chi connectivity index (χ1v) is 11.6. The number of benzene rings is 2. The highest BCUT2D eigenvalue weighted by atomic mass is 19.4. The van der Waals surface area contributed by atoms with Crippen molar-refractivity contribution in [3.8, 4) is 5.69 Å². The van der Waals surface area contributed by atoms with Gasteiger partial charge in [0.25, 0.3) is 5.91 Å². The highest BCUT2D eigenvalue weighted by Crippen LogP contribution is 2.32. The van der Waals surface area contributed by atoms with Gasteiger partial charge < -0.3 is 15.7 Å². The molecule has 1 heterocycles. The van der Waals surface area contributed by atoms with E-state index in [9.17, 15) is 22.8 Å². The molecule has 2 aromatic carbocycles. The van der Waals surface area contributed by atoms with Gasteiger partial charge in [-0.05, 0) is 61.2 Å². The molecule has 3 aromatic rings. The minimum absolute atomic E-state index is 0.0506. The van der Waals surface area contributed by atoms with Gasteiger partial charge in [-0.2, -0.15) is 18.3 Å². The summed E-state index contributed by atoms with van der Waals surface area (Å²) >= 11 is 0. The predicted octanol–water partition coefficient (Wildman–Crippen LogP) is 5.67. The van der Waals surface area contributed by atoms with E-state index >= 15 is 0 Å². The average Bonchev–Trinajstić information content (AvgIpc) is 3.28. The number of hydrogen-bond acceptors (Lipinski definition) is 4. The van der Waals surface area contributed by atoms with Gasteiger partial charge >= 0.3 is 12.1 Å². The minimum atomic E-state index is -4.45. The van der Waals surface area contributed by atoms with Crippen molar-refractivity contribution in [2.75, 3.05) is 11.9 Å². The Labute approximate surface area is 207 Å². The number of halogens is 3. The van der Waals surface area contributed by atoms with Crippen molar-refractivity contribution in [2.24, 2.45) is 0 Å². The Balaban J connectivity index is 1.77. The van der Waals surface area contributed by atoms with Gasteiger partial charge in [0, 0.05) is 24.0 Å². The second-order valence-electron chi connectivity index (χ2n) is 8.64. The molecule has 0 fully saturated rings. The lowest BCUT2D eigenvalue weighted by molar-refractivity contribution is -0.138. The number of anilines is 1. The van der Waals surface area contributed by atoms with Crippen molar-refractivity contribution in [1.82, 2.24) is 15.1 Å². The predicted molar refractivity (Wildman–Crippen MR) is 130 cm³/mol. The molecule has 10 heteroatoms. The Hall–Kier alpha value is -3.82. The maximum atomic E-state index is 13.0. The average molecular weight is 503 g/mol. The number of alkyl halides is 3. The van der Waals surface area contributed by atoms with Crippen molar-refractivity contribution in [3.63, 3.8) is 0 Å².